The molecule has 96 valence electrons. The molecule has 0 spiro atoms. The van der Waals surface area contributed by atoms with Crippen LogP contribution in [0.1, 0.15) is 18.7 Å². The Labute approximate surface area is 107 Å². The molecule has 1 aromatic carbocycles. The molecular formula is C14H19N3O. The second-order valence-electron chi connectivity index (χ2n) is 4.91. The lowest BCUT2D eigenvalue weighted by Gasteiger charge is -2.09. The maximum absolute atomic E-state index is 5.37. The van der Waals surface area contributed by atoms with Gasteiger partial charge in [-0.25, -0.2) is 4.98 Å². The molecule has 18 heavy (non-hydrogen) atoms. The number of hydrogen-bond donors (Lipinski definition) is 1. The van der Waals surface area contributed by atoms with E-state index in [9.17, 15) is 0 Å². The summed E-state index contributed by atoms with van der Waals surface area (Å²) >= 11 is 0. The third-order valence-corrected chi connectivity index (χ3v) is 3.78. The highest BCUT2D eigenvalue weighted by Gasteiger charge is 2.18. The van der Waals surface area contributed by atoms with Crippen molar-refractivity contribution in [1.82, 2.24) is 14.9 Å². The third kappa shape index (κ3) is 1.86. The maximum atomic E-state index is 5.37. The Morgan fingerprint density at radius 1 is 1.50 bits per heavy atom. The number of benzene rings is 1. The molecule has 1 saturated heterocycles. The monoisotopic (exact) mass is 245 g/mol. The molecule has 4 nitrogen and oxygen atoms in total. The third-order valence-electron chi connectivity index (χ3n) is 3.78. The minimum absolute atomic E-state index is 0.575. The van der Waals surface area contributed by atoms with E-state index in [0.717, 1.165) is 35.6 Å². The van der Waals surface area contributed by atoms with Crippen molar-refractivity contribution in [2.75, 3.05) is 13.7 Å². The van der Waals surface area contributed by atoms with E-state index in [-0.39, 0.29) is 0 Å². The first kappa shape index (κ1) is 11.5. The summed E-state index contributed by atoms with van der Waals surface area (Å²) in [6.45, 7) is 1.14. The van der Waals surface area contributed by atoms with E-state index in [2.05, 4.69) is 23.0 Å². The van der Waals surface area contributed by atoms with E-state index in [4.69, 9.17) is 9.72 Å². The van der Waals surface area contributed by atoms with Crippen LogP contribution in [0.4, 0.5) is 0 Å². The molecule has 0 bridgehead atoms. The van der Waals surface area contributed by atoms with Crippen molar-refractivity contribution in [2.24, 2.45) is 7.05 Å². The molecule has 3 rings (SSSR count). The molecule has 1 N–H and O–H groups in total. The molecule has 1 fully saturated rings. The molecule has 1 unspecified atom stereocenters. The molecule has 0 aliphatic carbocycles. The van der Waals surface area contributed by atoms with Crippen LogP contribution in [0.2, 0.25) is 0 Å². The zero-order chi connectivity index (χ0) is 12.5. The van der Waals surface area contributed by atoms with Crippen molar-refractivity contribution in [3.63, 3.8) is 0 Å². The van der Waals surface area contributed by atoms with Crippen molar-refractivity contribution in [2.45, 2.75) is 25.3 Å². The lowest BCUT2D eigenvalue weighted by molar-refractivity contribution is 0.419. The highest BCUT2D eigenvalue weighted by atomic mass is 16.5. The Balaban J connectivity index is 1.99. The van der Waals surface area contributed by atoms with Gasteiger partial charge in [-0.3, -0.25) is 0 Å². The first-order chi connectivity index (χ1) is 8.79. The molecule has 1 aliphatic rings. The number of methoxy groups -OCH3 is 1. The molecule has 2 heterocycles. The SMILES string of the molecule is COc1cccc2c1nc(CC1CCCN1)n2C. The average Bonchev–Trinajstić information content (AvgIpc) is 3.00. The number of para-hydroxylation sites is 1. The van der Waals surface area contributed by atoms with E-state index in [0.29, 0.717) is 6.04 Å². The van der Waals surface area contributed by atoms with Crippen LogP contribution in [0, 0.1) is 0 Å². The van der Waals surface area contributed by atoms with E-state index in [1.54, 1.807) is 7.11 Å². The highest BCUT2D eigenvalue weighted by molar-refractivity contribution is 5.82. The second kappa shape index (κ2) is 4.61. The van der Waals surface area contributed by atoms with Gasteiger partial charge < -0.3 is 14.6 Å². The van der Waals surface area contributed by atoms with Crippen LogP contribution in [0.5, 0.6) is 5.75 Å². The lowest BCUT2D eigenvalue weighted by atomic mass is 10.1. The molecule has 0 saturated carbocycles. The number of fused-ring (bicyclic) bond motifs is 1. The number of hydrogen-bond acceptors (Lipinski definition) is 3. The Kier molecular flexibility index (Phi) is 2.96. The van der Waals surface area contributed by atoms with E-state index in [1.807, 2.05) is 12.1 Å². The first-order valence-electron chi connectivity index (χ1n) is 6.51. The van der Waals surface area contributed by atoms with Crippen LogP contribution < -0.4 is 10.1 Å². The van der Waals surface area contributed by atoms with Crippen molar-refractivity contribution >= 4 is 11.0 Å². The number of nitrogens with zero attached hydrogens (tertiary/aromatic N) is 2. The zero-order valence-electron chi connectivity index (χ0n) is 10.9. The summed E-state index contributed by atoms with van der Waals surface area (Å²) in [6.07, 6.45) is 3.52. The Morgan fingerprint density at radius 3 is 3.11 bits per heavy atom. The number of rotatable bonds is 3. The topological polar surface area (TPSA) is 39.1 Å². The smallest absolute Gasteiger partial charge is 0.146 e. The predicted molar refractivity (Wildman–Crippen MR) is 72.0 cm³/mol. The van der Waals surface area contributed by atoms with Crippen LogP contribution in [0.3, 0.4) is 0 Å². The summed E-state index contributed by atoms with van der Waals surface area (Å²) < 4.78 is 7.55. The average molecular weight is 245 g/mol. The Hall–Kier alpha value is -1.55. The fourth-order valence-corrected chi connectivity index (χ4v) is 2.74. The molecule has 0 radical (unpaired) electrons. The maximum Gasteiger partial charge on any atom is 0.146 e. The van der Waals surface area contributed by atoms with Gasteiger partial charge in [0.05, 0.1) is 12.6 Å². The van der Waals surface area contributed by atoms with Gasteiger partial charge >= 0.3 is 0 Å². The number of ether oxygens (including phenoxy) is 1. The van der Waals surface area contributed by atoms with Crippen LogP contribution in [-0.2, 0) is 13.5 Å². The van der Waals surface area contributed by atoms with Crippen molar-refractivity contribution in [3.05, 3.63) is 24.0 Å². The van der Waals surface area contributed by atoms with Gasteiger partial charge in [0.2, 0.25) is 0 Å². The highest BCUT2D eigenvalue weighted by Crippen LogP contribution is 2.25. The lowest BCUT2D eigenvalue weighted by Crippen LogP contribution is -2.25. The van der Waals surface area contributed by atoms with Crippen molar-refractivity contribution < 1.29 is 4.74 Å². The largest absolute Gasteiger partial charge is 0.494 e. The van der Waals surface area contributed by atoms with Crippen molar-refractivity contribution in [1.29, 1.82) is 0 Å². The number of aryl methyl sites for hydroxylation is 1. The van der Waals surface area contributed by atoms with Gasteiger partial charge in [-0.2, -0.15) is 0 Å². The number of imidazole rings is 1. The van der Waals surface area contributed by atoms with Gasteiger partial charge in [0.15, 0.2) is 0 Å². The van der Waals surface area contributed by atoms with Crippen LogP contribution >= 0.6 is 0 Å². The molecule has 4 heteroatoms. The summed E-state index contributed by atoms with van der Waals surface area (Å²) in [5, 5.41) is 3.52. The van der Waals surface area contributed by atoms with Crippen LogP contribution in [-0.4, -0.2) is 29.2 Å². The Morgan fingerprint density at radius 2 is 2.39 bits per heavy atom. The van der Waals surface area contributed by atoms with Gasteiger partial charge in [-0.15, -0.1) is 0 Å². The minimum Gasteiger partial charge on any atom is -0.494 e. The fourth-order valence-electron chi connectivity index (χ4n) is 2.74. The van der Waals surface area contributed by atoms with E-state index in [1.165, 1.54) is 12.8 Å². The summed E-state index contributed by atoms with van der Waals surface area (Å²) in [6, 6.07) is 6.65. The summed E-state index contributed by atoms with van der Waals surface area (Å²) in [5.41, 5.74) is 2.11. The summed E-state index contributed by atoms with van der Waals surface area (Å²) in [4.78, 5) is 4.74. The van der Waals surface area contributed by atoms with Gasteiger partial charge in [-0.05, 0) is 31.5 Å². The first-order valence-corrected chi connectivity index (χ1v) is 6.51. The summed E-state index contributed by atoms with van der Waals surface area (Å²) in [5.74, 6) is 1.99. The van der Waals surface area contributed by atoms with E-state index < -0.39 is 0 Å². The molecule has 1 aromatic heterocycles. The standard InChI is InChI=1S/C14H19N3O/c1-17-11-6-3-7-12(18-2)14(11)16-13(17)9-10-5-4-8-15-10/h3,6-7,10,15H,4-5,8-9H2,1-2H3. The van der Waals surface area contributed by atoms with Crippen molar-refractivity contribution in [3.8, 4) is 5.75 Å². The van der Waals surface area contributed by atoms with Gasteiger partial charge in [0.1, 0.15) is 17.1 Å². The predicted octanol–water partition coefficient (Wildman–Crippen LogP) is 1.88. The fraction of sp³-hybridized carbons (Fsp3) is 0.500. The second-order valence-corrected chi connectivity index (χ2v) is 4.91. The van der Waals surface area contributed by atoms with Gasteiger partial charge in [0, 0.05) is 19.5 Å². The minimum atomic E-state index is 0.575. The quantitative estimate of drug-likeness (QED) is 0.897. The van der Waals surface area contributed by atoms with Crippen LogP contribution in [0.25, 0.3) is 11.0 Å². The molecule has 1 aliphatic heterocycles. The van der Waals surface area contributed by atoms with E-state index >= 15 is 0 Å². The molecule has 0 amide bonds. The Bertz CT molecular complexity index is 555. The number of aromatic nitrogens is 2. The normalized spacial score (nSPS) is 19.6. The van der Waals surface area contributed by atoms with Gasteiger partial charge in [0.25, 0.3) is 0 Å². The zero-order valence-corrected chi connectivity index (χ0v) is 10.9. The van der Waals surface area contributed by atoms with Crippen LogP contribution in [0.15, 0.2) is 18.2 Å². The van der Waals surface area contributed by atoms with Gasteiger partial charge in [-0.1, -0.05) is 6.07 Å². The molecular weight excluding hydrogens is 226 g/mol. The molecule has 1 atom stereocenters. The number of nitrogens with one attached hydrogen (secondary N) is 1. The summed E-state index contributed by atoms with van der Waals surface area (Å²) in [7, 11) is 3.78. The molecule has 2 aromatic rings.